The van der Waals surface area contributed by atoms with Gasteiger partial charge < -0.3 is 10.1 Å². The first kappa shape index (κ1) is 14.9. The summed E-state index contributed by atoms with van der Waals surface area (Å²) in [6.07, 6.45) is 0. The Hall–Kier alpha value is -2.03. The van der Waals surface area contributed by atoms with Crippen LogP contribution in [0.5, 0.6) is 0 Å². The molecule has 1 aliphatic heterocycles. The Balaban J connectivity index is 1.66. The SMILES string of the molecule is O=[N+]([O-])c1ccc2nc(CN3CCN(CCO)CC3)[nH]c2c1. The van der Waals surface area contributed by atoms with Gasteiger partial charge in [-0.05, 0) is 6.07 Å². The Morgan fingerprint density at radius 2 is 2.00 bits per heavy atom. The van der Waals surface area contributed by atoms with Crippen LogP contribution in [0.2, 0.25) is 0 Å². The van der Waals surface area contributed by atoms with E-state index in [0.29, 0.717) is 12.1 Å². The molecule has 2 heterocycles. The van der Waals surface area contributed by atoms with Crippen LogP contribution in [-0.2, 0) is 6.54 Å². The number of aliphatic hydroxyl groups excluding tert-OH is 1. The van der Waals surface area contributed by atoms with Gasteiger partial charge in [0.15, 0.2) is 0 Å². The summed E-state index contributed by atoms with van der Waals surface area (Å²) in [5.74, 6) is 0.825. The molecule has 0 bridgehead atoms. The second-order valence-corrected chi connectivity index (χ2v) is 5.48. The van der Waals surface area contributed by atoms with Crippen LogP contribution in [0.1, 0.15) is 5.82 Å². The number of fused-ring (bicyclic) bond motifs is 1. The van der Waals surface area contributed by atoms with E-state index < -0.39 is 4.92 Å². The Bertz CT molecular complexity index is 664. The number of nitrogens with zero attached hydrogens (tertiary/aromatic N) is 4. The third-order valence-corrected chi connectivity index (χ3v) is 3.98. The van der Waals surface area contributed by atoms with Crippen molar-refractivity contribution in [3.63, 3.8) is 0 Å². The van der Waals surface area contributed by atoms with E-state index >= 15 is 0 Å². The minimum Gasteiger partial charge on any atom is -0.395 e. The van der Waals surface area contributed by atoms with Gasteiger partial charge in [0.05, 0.1) is 29.1 Å². The predicted octanol–water partition coefficient (Wildman–Crippen LogP) is 0.581. The highest BCUT2D eigenvalue weighted by Crippen LogP contribution is 2.19. The summed E-state index contributed by atoms with van der Waals surface area (Å²) < 4.78 is 0. The van der Waals surface area contributed by atoms with Crippen molar-refractivity contribution in [3.05, 3.63) is 34.1 Å². The van der Waals surface area contributed by atoms with Gasteiger partial charge in [-0.25, -0.2) is 4.98 Å². The van der Waals surface area contributed by atoms with Crippen molar-refractivity contribution in [3.8, 4) is 0 Å². The zero-order chi connectivity index (χ0) is 15.5. The number of aromatic amines is 1. The molecule has 1 saturated heterocycles. The van der Waals surface area contributed by atoms with Gasteiger partial charge in [-0.3, -0.25) is 19.9 Å². The number of nitro groups is 1. The zero-order valence-corrected chi connectivity index (χ0v) is 12.2. The molecule has 1 aliphatic rings. The predicted molar refractivity (Wildman–Crippen MR) is 81.6 cm³/mol. The molecule has 0 radical (unpaired) electrons. The number of non-ortho nitro benzene ring substituents is 1. The lowest BCUT2D eigenvalue weighted by molar-refractivity contribution is -0.384. The van der Waals surface area contributed by atoms with Crippen molar-refractivity contribution in [1.82, 2.24) is 19.8 Å². The first-order valence-electron chi connectivity index (χ1n) is 7.34. The summed E-state index contributed by atoms with van der Waals surface area (Å²) in [5.41, 5.74) is 1.52. The van der Waals surface area contributed by atoms with Gasteiger partial charge in [-0.1, -0.05) is 0 Å². The van der Waals surface area contributed by atoms with Gasteiger partial charge in [0.1, 0.15) is 5.82 Å². The average molecular weight is 305 g/mol. The lowest BCUT2D eigenvalue weighted by Crippen LogP contribution is -2.46. The maximum Gasteiger partial charge on any atom is 0.271 e. The number of imidazole rings is 1. The molecule has 0 aliphatic carbocycles. The summed E-state index contributed by atoms with van der Waals surface area (Å²) in [6, 6.07) is 4.66. The van der Waals surface area contributed by atoms with E-state index in [1.54, 1.807) is 6.07 Å². The van der Waals surface area contributed by atoms with E-state index in [-0.39, 0.29) is 12.3 Å². The molecule has 2 aromatic rings. The number of hydrogen-bond acceptors (Lipinski definition) is 6. The first-order chi connectivity index (χ1) is 10.7. The minimum atomic E-state index is -0.402. The van der Waals surface area contributed by atoms with Gasteiger partial charge in [-0.2, -0.15) is 0 Å². The molecule has 1 aromatic heterocycles. The summed E-state index contributed by atoms with van der Waals surface area (Å²) in [6.45, 7) is 5.35. The number of aliphatic hydroxyl groups is 1. The molecule has 118 valence electrons. The molecule has 3 rings (SSSR count). The minimum absolute atomic E-state index is 0.0697. The molecule has 1 aromatic carbocycles. The Kier molecular flexibility index (Phi) is 4.32. The molecule has 0 unspecified atom stereocenters. The summed E-state index contributed by atoms with van der Waals surface area (Å²) in [7, 11) is 0. The molecule has 8 nitrogen and oxygen atoms in total. The van der Waals surface area contributed by atoms with Crippen molar-refractivity contribution in [1.29, 1.82) is 0 Å². The van der Waals surface area contributed by atoms with E-state index in [0.717, 1.165) is 44.1 Å². The van der Waals surface area contributed by atoms with E-state index in [4.69, 9.17) is 5.11 Å². The van der Waals surface area contributed by atoms with Crippen LogP contribution in [0.25, 0.3) is 11.0 Å². The molecule has 0 atom stereocenters. The molecule has 0 spiro atoms. The van der Waals surface area contributed by atoms with Crippen LogP contribution < -0.4 is 0 Å². The number of β-amino-alcohol motifs (C(OH)–C–C–N with tert-alkyl or cyclic N) is 1. The van der Waals surface area contributed by atoms with E-state index in [1.807, 2.05) is 0 Å². The number of nitrogens with one attached hydrogen (secondary N) is 1. The van der Waals surface area contributed by atoms with Gasteiger partial charge in [0.25, 0.3) is 5.69 Å². The van der Waals surface area contributed by atoms with Crippen LogP contribution in [-0.4, -0.2) is 69.1 Å². The molecule has 22 heavy (non-hydrogen) atoms. The number of rotatable bonds is 5. The summed E-state index contributed by atoms with van der Waals surface area (Å²) in [5, 5.41) is 19.7. The van der Waals surface area contributed by atoms with Crippen LogP contribution in [0.3, 0.4) is 0 Å². The Morgan fingerprint density at radius 3 is 2.68 bits per heavy atom. The highest BCUT2D eigenvalue weighted by atomic mass is 16.6. The number of piperazine rings is 1. The first-order valence-corrected chi connectivity index (χ1v) is 7.34. The molecule has 1 fully saturated rings. The number of hydrogen-bond donors (Lipinski definition) is 2. The number of H-pyrrole nitrogens is 1. The molecule has 8 heteroatoms. The van der Waals surface area contributed by atoms with E-state index in [9.17, 15) is 10.1 Å². The quantitative estimate of drug-likeness (QED) is 0.619. The van der Waals surface area contributed by atoms with Gasteiger partial charge >= 0.3 is 0 Å². The van der Waals surface area contributed by atoms with Gasteiger partial charge in [0, 0.05) is 44.9 Å². The van der Waals surface area contributed by atoms with Crippen LogP contribution in [0, 0.1) is 10.1 Å². The fourth-order valence-electron chi connectivity index (χ4n) is 2.76. The maximum atomic E-state index is 10.8. The maximum absolute atomic E-state index is 10.8. The Morgan fingerprint density at radius 1 is 1.27 bits per heavy atom. The van der Waals surface area contributed by atoms with Crippen LogP contribution in [0.15, 0.2) is 18.2 Å². The van der Waals surface area contributed by atoms with E-state index in [1.165, 1.54) is 12.1 Å². The van der Waals surface area contributed by atoms with Crippen molar-refractivity contribution >= 4 is 16.7 Å². The van der Waals surface area contributed by atoms with Crippen LogP contribution >= 0.6 is 0 Å². The standard InChI is InChI=1S/C14H19N5O3/c20-8-7-17-3-5-18(6-4-17)10-14-15-12-2-1-11(19(21)22)9-13(12)16-14/h1-2,9,20H,3-8,10H2,(H,15,16). The van der Waals surface area contributed by atoms with Crippen molar-refractivity contribution in [2.24, 2.45) is 0 Å². The lowest BCUT2D eigenvalue weighted by atomic mass is 10.3. The highest BCUT2D eigenvalue weighted by Gasteiger charge is 2.18. The van der Waals surface area contributed by atoms with Crippen molar-refractivity contribution < 1.29 is 10.0 Å². The largest absolute Gasteiger partial charge is 0.395 e. The monoisotopic (exact) mass is 305 g/mol. The normalized spacial score (nSPS) is 17.1. The highest BCUT2D eigenvalue weighted by molar-refractivity contribution is 5.77. The zero-order valence-electron chi connectivity index (χ0n) is 12.2. The molecule has 0 saturated carbocycles. The second kappa shape index (κ2) is 6.39. The van der Waals surface area contributed by atoms with Crippen molar-refractivity contribution in [2.75, 3.05) is 39.3 Å². The van der Waals surface area contributed by atoms with Gasteiger partial charge in [-0.15, -0.1) is 0 Å². The second-order valence-electron chi connectivity index (χ2n) is 5.48. The smallest absolute Gasteiger partial charge is 0.271 e. The fourth-order valence-corrected chi connectivity index (χ4v) is 2.76. The average Bonchev–Trinajstić information content (AvgIpc) is 2.90. The molecular formula is C14H19N5O3. The molecule has 0 amide bonds. The molecular weight excluding hydrogens is 286 g/mol. The topological polar surface area (TPSA) is 98.5 Å². The summed E-state index contributed by atoms with van der Waals surface area (Å²) >= 11 is 0. The third kappa shape index (κ3) is 3.24. The van der Waals surface area contributed by atoms with E-state index in [2.05, 4.69) is 19.8 Å². The van der Waals surface area contributed by atoms with Gasteiger partial charge in [0.2, 0.25) is 0 Å². The fraction of sp³-hybridized carbons (Fsp3) is 0.500. The number of nitro benzene ring substituents is 1. The lowest BCUT2D eigenvalue weighted by Gasteiger charge is -2.33. The van der Waals surface area contributed by atoms with Crippen molar-refractivity contribution in [2.45, 2.75) is 6.54 Å². The summed E-state index contributed by atoms with van der Waals surface area (Å²) in [4.78, 5) is 22.6. The number of aromatic nitrogens is 2. The number of benzene rings is 1. The van der Waals surface area contributed by atoms with Crippen LogP contribution in [0.4, 0.5) is 5.69 Å². The third-order valence-electron chi connectivity index (χ3n) is 3.98. The Labute approximate surface area is 127 Å². The molecule has 2 N–H and O–H groups in total.